The molecule has 0 saturated heterocycles. The fourth-order valence-electron chi connectivity index (χ4n) is 10.5. The van der Waals surface area contributed by atoms with Gasteiger partial charge in [0.1, 0.15) is 11.6 Å². The van der Waals surface area contributed by atoms with Crippen LogP contribution in [0.3, 0.4) is 0 Å². The van der Waals surface area contributed by atoms with Gasteiger partial charge in [-0.25, -0.2) is 21.9 Å². The summed E-state index contributed by atoms with van der Waals surface area (Å²) in [4.78, 5) is 11.5. The molecule has 1 aromatic carbocycles. The molecule has 1 amide bonds. The second kappa shape index (κ2) is 10.7. The lowest BCUT2D eigenvalue weighted by molar-refractivity contribution is -0.138. The molecule has 218 valence electrons. The number of rotatable bonds is 7. The number of sulfonamides is 1. The third kappa shape index (κ3) is 4.97. The summed E-state index contributed by atoms with van der Waals surface area (Å²) in [5.74, 6) is 1.79. The molecule has 0 spiro atoms. The van der Waals surface area contributed by atoms with E-state index in [1.165, 1.54) is 64.2 Å². The van der Waals surface area contributed by atoms with E-state index in [2.05, 4.69) is 27.7 Å². The van der Waals surface area contributed by atoms with E-state index < -0.39 is 32.5 Å². The first-order valence-electron chi connectivity index (χ1n) is 15.4. The molecule has 39 heavy (non-hydrogen) atoms. The van der Waals surface area contributed by atoms with Gasteiger partial charge in [-0.2, -0.15) is 0 Å². The van der Waals surface area contributed by atoms with E-state index in [-0.39, 0.29) is 17.8 Å². The lowest BCUT2D eigenvalue weighted by Gasteiger charge is -2.63. The van der Waals surface area contributed by atoms with Gasteiger partial charge in [-0.3, -0.25) is 4.79 Å². The molecule has 7 heteroatoms. The number of carbonyl (C=O) groups is 1. The van der Waals surface area contributed by atoms with Crippen molar-refractivity contribution in [3.8, 4) is 0 Å². The van der Waals surface area contributed by atoms with Crippen molar-refractivity contribution in [2.75, 3.05) is 0 Å². The summed E-state index contributed by atoms with van der Waals surface area (Å²) in [5.41, 5.74) is 0.754. The Balaban J connectivity index is 1.24. The molecule has 5 rings (SSSR count). The highest BCUT2D eigenvalue weighted by Gasteiger charge is 2.61. The minimum atomic E-state index is -4.61. The number of halogens is 2. The summed E-state index contributed by atoms with van der Waals surface area (Å²) >= 11 is 0. The lowest BCUT2D eigenvalue weighted by atomic mass is 9.42. The monoisotopic (exact) mass is 563 g/mol. The molecule has 4 aliphatic rings. The molecule has 4 fully saturated rings. The zero-order chi connectivity index (χ0) is 28.2. The minimum Gasteiger partial charge on any atom is -0.274 e. The van der Waals surface area contributed by atoms with Gasteiger partial charge in [0.05, 0.1) is 0 Å². The highest BCUT2D eigenvalue weighted by molar-refractivity contribution is 7.90. The Morgan fingerprint density at radius 3 is 2.38 bits per heavy atom. The van der Waals surface area contributed by atoms with Gasteiger partial charge in [-0.1, -0.05) is 53.0 Å². The number of nitrogens with one attached hydrogen (secondary N) is 1. The summed E-state index contributed by atoms with van der Waals surface area (Å²) in [6, 6.07) is 2.85. The van der Waals surface area contributed by atoms with Gasteiger partial charge in [-0.05, 0) is 116 Å². The van der Waals surface area contributed by atoms with Gasteiger partial charge in [0, 0.05) is 6.42 Å². The van der Waals surface area contributed by atoms with E-state index >= 15 is 0 Å². The number of hydrogen-bond donors (Lipinski definition) is 1. The number of hydrogen-bond acceptors (Lipinski definition) is 3. The summed E-state index contributed by atoms with van der Waals surface area (Å²) in [7, 11) is -4.61. The van der Waals surface area contributed by atoms with Gasteiger partial charge in [0.15, 0.2) is 4.90 Å². The van der Waals surface area contributed by atoms with E-state index in [9.17, 15) is 22.0 Å². The molecule has 3 unspecified atom stereocenters. The SMILES string of the molecule is CC[C@H]1CC2C3CC[C@H]([C@H](C)CCC(=O)NS(=O)(=O)c4c(F)cccc4F)[C@@]3(C)CCC2[C@@]2(C)CCCC[C@@H]12. The maximum Gasteiger partial charge on any atom is 0.269 e. The summed E-state index contributed by atoms with van der Waals surface area (Å²) in [5, 5.41) is 0. The average molecular weight is 564 g/mol. The summed E-state index contributed by atoms with van der Waals surface area (Å²) < 4.78 is 55.0. The zero-order valence-corrected chi connectivity index (χ0v) is 25.0. The van der Waals surface area contributed by atoms with Gasteiger partial charge >= 0.3 is 0 Å². The minimum absolute atomic E-state index is 0.0252. The maximum absolute atomic E-state index is 14.0. The molecular weight excluding hydrogens is 516 g/mol. The van der Waals surface area contributed by atoms with Gasteiger partial charge in [0.2, 0.25) is 5.91 Å². The van der Waals surface area contributed by atoms with E-state index in [1.54, 1.807) is 0 Å². The van der Waals surface area contributed by atoms with Crippen LogP contribution >= 0.6 is 0 Å². The molecule has 0 aromatic heterocycles. The van der Waals surface area contributed by atoms with Crippen molar-refractivity contribution in [1.82, 2.24) is 4.72 Å². The van der Waals surface area contributed by atoms with Crippen LogP contribution in [0.2, 0.25) is 0 Å². The molecule has 0 aliphatic heterocycles. The molecule has 4 nitrogen and oxygen atoms in total. The van der Waals surface area contributed by atoms with Crippen LogP contribution in [-0.2, 0) is 14.8 Å². The van der Waals surface area contributed by atoms with Gasteiger partial charge < -0.3 is 0 Å². The smallest absolute Gasteiger partial charge is 0.269 e. The van der Waals surface area contributed by atoms with Crippen LogP contribution < -0.4 is 4.72 Å². The fourth-order valence-corrected chi connectivity index (χ4v) is 11.7. The first-order chi connectivity index (χ1) is 18.4. The highest BCUT2D eigenvalue weighted by Crippen LogP contribution is 2.69. The zero-order valence-electron chi connectivity index (χ0n) is 24.1. The van der Waals surface area contributed by atoms with Crippen LogP contribution in [-0.4, -0.2) is 14.3 Å². The van der Waals surface area contributed by atoms with Gasteiger partial charge in [-0.15, -0.1) is 0 Å². The average Bonchev–Trinajstić information content (AvgIpc) is 3.23. The predicted molar refractivity (Wildman–Crippen MR) is 149 cm³/mol. The van der Waals surface area contributed by atoms with Crippen LogP contribution in [0.4, 0.5) is 8.78 Å². The van der Waals surface area contributed by atoms with E-state index in [1.807, 2.05) is 4.72 Å². The Morgan fingerprint density at radius 2 is 1.69 bits per heavy atom. The Kier molecular flexibility index (Phi) is 7.97. The third-order valence-corrected chi connectivity index (χ3v) is 13.7. The molecule has 1 aromatic rings. The van der Waals surface area contributed by atoms with Crippen LogP contribution in [0.5, 0.6) is 0 Å². The maximum atomic E-state index is 14.0. The van der Waals surface area contributed by atoms with Crippen LogP contribution in [0.15, 0.2) is 23.1 Å². The lowest BCUT2D eigenvalue weighted by Crippen LogP contribution is -2.55. The second-order valence-corrected chi connectivity index (χ2v) is 15.6. The molecule has 0 heterocycles. The van der Waals surface area contributed by atoms with Crippen molar-refractivity contribution in [3.63, 3.8) is 0 Å². The van der Waals surface area contributed by atoms with Crippen molar-refractivity contribution in [2.24, 2.45) is 52.3 Å². The largest absolute Gasteiger partial charge is 0.274 e. The molecule has 4 aliphatic carbocycles. The predicted octanol–water partition coefficient (Wildman–Crippen LogP) is 7.87. The Bertz CT molecular complexity index is 1170. The van der Waals surface area contributed by atoms with E-state index in [0.717, 1.165) is 47.8 Å². The Labute approximate surface area is 234 Å². The first kappa shape index (κ1) is 29.0. The van der Waals surface area contributed by atoms with Crippen molar-refractivity contribution in [2.45, 2.75) is 110 Å². The van der Waals surface area contributed by atoms with Crippen molar-refractivity contribution in [1.29, 1.82) is 0 Å². The van der Waals surface area contributed by atoms with E-state index in [0.29, 0.717) is 17.8 Å². The quantitative estimate of drug-likeness (QED) is 0.367. The topological polar surface area (TPSA) is 63.2 Å². The van der Waals surface area contributed by atoms with Crippen molar-refractivity contribution in [3.05, 3.63) is 29.8 Å². The van der Waals surface area contributed by atoms with Crippen molar-refractivity contribution < 1.29 is 22.0 Å². The fraction of sp³-hybridized carbons (Fsp3) is 0.781. The Morgan fingerprint density at radius 1 is 1.00 bits per heavy atom. The van der Waals surface area contributed by atoms with Crippen LogP contribution in [0, 0.1) is 63.9 Å². The summed E-state index contributed by atoms with van der Waals surface area (Å²) in [6.45, 7) is 9.74. The number of carbonyl (C=O) groups excluding carboxylic acids is 1. The summed E-state index contributed by atoms with van der Waals surface area (Å²) in [6.07, 6.45) is 13.9. The normalized spacial score (nSPS) is 38.8. The third-order valence-electron chi connectivity index (χ3n) is 12.3. The molecule has 1 N–H and O–H groups in total. The second-order valence-electron chi connectivity index (χ2n) is 14.0. The van der Waals surface area contributed by atoms with Crippen LogP contribution in [0.1, 0.15) is 105 Å². The standard InChI is InChI=1S/C32H47F2NO3S/c1-5-21-19-22-25-14-13-23(32(25,4)18-16-26(22)31(3)17-7-6-9-24(21)31)20(2)12-15-29(36)35-39(37,38)30-27(33)10-8-11-28(30)34/h8,10-11,20-26H,5-7,9,12-19H2,1-4H3,(H,35,36)/t20-,21+,22?,23-,24+,25?,26?,31+,32-/m1/s1. The van der Waals surface area contributed by atoms with Crippen LogP contribution in [0.25, 0.3) is 0 Å². The molecule has 0 bridgehead atoms. The Hall–Kier alpha value is -1.50. The number of benzene rings is 1. The van der Waals surface area contributed by atoms with Gasteiger partial charge in [0.25, 0.3) is 10.0 Å². The first-order valence-corrected chi connectivity index (χ1v) is 16.9. The number of fused-ring (bicyclic) bond motifs is 5. The molecule has 9 atom stereocenters. The number of amides is 1. The molecule has 4 saturated carbocycles. The molecule has 0 radical (unpaired) electrons. The highest BCUT2D eigenvalue weighted by atomic mass is 32.2. The van der Waals surface area contributed by atoms with Crippen molar-refractivity contribution >= 4 is 15.9 Å². The van der Waals surface area contributed by atoms with E-state index in [4.69, 9.17) is 0 Å². The molecular formula is C32H47F2NO3S.